The highest BCUT2D eigenvalue weighted by Gasteiger charge is 2.48. The minimum atomic E-state index is -1.43. The van der Waals surface area contributed by atoms with Crippen molar-refractivity contribution in [2.24, 2.45) is 17.8 Å². The maximum atomic E-state index is 12.6. The van der Waals surface area contributed by atoms with Gasteiger partial charge in [0.2, 0.25) is 5.91 Å². The van der Waals surface area contributed by atoms with Gasteiger partial charge in [-0.3, -0.25) is 9.59 Å². The third kappa shape index (κ3) is 4.72. The SMILES string of the molecule is CC1CCC(C(C)C)[C@@](O)(C(=O)NCC(=O)Nc2ccc(O)cc2)C1. The molecule has 6 nitrogen and oxygen atoms in total. The Morgan fingerprint density at radius 2 is 1.88 bits per heavy atom. The van der Waals surface area contributed by atoms with Crippen LogP contribution in [0.4, 0.5) is 5.69 Å². The van der Waals surface area contributed by atoms with E-state index >= 15 is 0 Å². The number of carbonyl (C=O) groups is 2. The highest BCUT2D eigenvalue weighted by molar-refractivity contribution is 5.96. The van der Waals surface area contributed by atoms with E-state index in [1.807, 2.05) is 20.8 Å². The summed E-state index contributed by atoms with van der Waals surface area (Å²) in [4.78, 5) is 24.6. The van der Waals surface area contributed by atoms with Crippen LogP contribution in [0.15, 0.2) is 24.3 Å². The first-order valence-corrected chi connectivity index (χ1v) is 8.82. The number of aliphatic hydroxyl groups is 1. The Kier molecular flexibility index (Phi) is 6.06. The summed E-state index contributed by atoms with van der Waals surface area (Å²) in [5.41, 5.74) is -0.896. The average molecular weight is 348 g/mol. The van der Waals surface area contributed by atoms with Crippen molar-refractivity contribution in [2.75, 3.05) is 11.9 Å². The monoisotopic (exact) mass is 348 g/mol. The predicted molar refractivity (Wildman–Crippen MR) is 96.0 cm³/mol. The first kappa shape index (κ1) is 19.2. The third-order valence-electron chi connectivity index (χ3n) is 5.00. The zero-order valence-electron chi connectivity index (χ0n) is 15.1. The van der Waals surface area contributed by atoms with Crippen LogP contribution in [0.2, 0.25) is 0 Å². The lowest BCUT2D eigenvalue weighted by Gasteiger charge is -2.43. The minimum absolute atomic E-state index is 0.108. The van der Waals surface area contributed by atoms with Crippen molar-refractivity contribution in [3.05, 3.63) is 24.3 Å². The van der Waals surface area contributed by atoms with Gasteiger partial charge >= 0.3 is 0 Å². The Morgan fingerprint density at radius 3 is 2.48 bits per heavy atom. The molecule has 1 aliphatic rings. The smallest absolute Gasteiger partial charge is 0.252 e. The van der Waals surface area contributed by atoms with Crippen molar-refractivity contribution in [1.29, 1.82) is 0 Å². The van der Waals surface area contributed by atoms with Crippen LogP contribution < -0.4 is 10.6 Å². The van der Waals surface area contributed by atoms with Gasteiger partial charge in [0.25, 0.3) is 5.91 Å². The highest BCUT2D eigenvalue weighted by atomic mass is 16.3. The molecule has 25 heavy (non-hydrogen) atoms. The summed E-state index contributed by atoms with van der Waals surface area (Å²) >= 11 is 0. The zero-order chi connectivity index (χ0) is 18.6. The van der Waals surface area contributed by atoms with Crippen LogP contribution in [0, 0.1) is 17.8 Å². The largest absolute Gasteiger partial charge is 0.508 e. The molecule has 1 aliphatic carbocycles. The quantitative estimate of drug-likeness (QED) is 0.614. The van der Waals surface area contributed by atoms with Gasteiger partial charge in [-0.1, -0.05) is 27.2 Å². The molecular weight excluding hydrogens is 320 g/mol. The van der Waals surface area contributed by atoms with E-state index in [0.29, 0.717) is 12.1 Å². The molecule has 0 spiro atoms. The van der Waals surface area contributed by atoms with E-state index in [1.54, 1.807) is 12.1 Å². The second kappa shape index (κ2) is 7.87. The standard InChI is InChI=1S/C19H28N2O4/c1-12(2)16-9-4-13(3)10-19(16,25)18(24)20-11-17(23)21-14-5-7-15(22)8-6-14/h5-8,12-13,16,22,25H,4,9-11H2,1-3H3,(H,20,24)(H,21,23)/t13?,16?,19-/m1/s1. The van der Waals surface area contributed by atoms with E-state index in [2.05, 4.69) is 10.6 Å². The van der Waals surface area contributed by atoms with Gasteiger partial charge in [-0.25, -0.2) is 0 Å². The molecule has 1 aromatic rings. The number of anilines is 1. The van der Waals surface area contributed by atoms with Gasteiger partial charge in [0, 0.05) is 5.69 Å². The fraction of sp³-hybridized carbons (Fsp3) is 0.579. The maximum Gasteiger partial charge on any atom is 0.252 e. The van der Waals surface area contributed by atoms with Gasteiger partial charge < -0.3 is 20.8 Å². The summed E-state index contributed by atoms with van der Waals surface area (Å²) in [5.74, 6) is -0.389. The Balaban J connectivity index is 1.95. The van der Waals surface area contributed by atoms with Crippen LogP contribution in [-0.2, 0) is 9.59 Å². The number of phenols is 1. The number of hydrogen-bond acceptors (Lipinski definition) is 4. The third-order valence-corrected chi connectivity index (χ3v) is 5.00. The fourth-order valence-electron chi connectivity index (χ4n) is 3.70. The first-order chi connectivity index (χ1) is 11.7. The van der Waals surface area contributed by atoms with E-state index in [1.165, 1.54) is 12.1 Å². The number of nitrogens with one attached hydrogen (secondary N) is 2. The minimum Gasteiger partial charge on any atom is -0.508 e. The number of hydrogen-bond donors (Lipinski definition) is 4. The molecule has 0 aromatic heterocycles. The number of amides is 2. The predicted octanol–water partition coefficient (Wildman–Crippen LogP) is 2.27. The fourth-order valence-corrected chi connectivity index (χ4v) is 3.70. The summed E-state index contributed by atoms with van der Waals surface area (Å²) in [6.07, 6.45) is 2.23. The molecule has 4 N–H and O–H groups in total. The Hall–Kier alpha value is -2.08. The Bertz CT molecular complexity index is 614. The van der Waals surface area contributed by atoms with Gasteiger partial charge in [0.1, 0.15) is 11.4 Å². The topological polar surface area (TPSA) is 98.7 Å². The molecular formula is C19H28N2O4. The molecule has 0 aliphatic heterocycles. The molecule has 1 saturated carbocycles. The van der Waals surface area contributed by atoms with Crippen LogP contribution in [0.1, 0.15) is 40.0 Å². The molecule has 3 atom stereocenters. The number of carbonyl (C=O) groups excluding carboxylic acids is 2. The molecule has 2 rings (SSSR count). The summed E-state index contributed by atoms with van der Waals surface area (Å²) in [5, 5.41) is 25.5. The van der Waals surface area contributed by atoms with Gasteiger partial charge in [-0.2, -0.15) is 0 Å². The Morgan fingerprint density at radius 1 is 1.24 bits per heavy atom. The molecule has 1 aromatic carbocycles. The Labute approximate surface area is 148 Å². The molecule has 0 saturated heterocycles. The second-order valence-corrected chi connectivity index (χ2v) is 7.44. The summed E-state index contributed by atoms with van der Waals surface area (Å²) in [6.45, 7) is 5.85. The molecule has 0 heterocycles. The van der Waals surface area contributed by atoms with Crippen molar-refractivity contribution < 1.29 is 19.8 Å². The van der Waals surface area contributed by atoms with Crippen LogP contribution in [0.25, 0.3) is 0 Å². The number of rotatable bonds is 5. The van der Waals surface area contributed by atoms with Crippen molar-refractivity contribution in [2.45, 2.75) is 45.6 Å². The lowest BCUT2D eigenvalue weighted by Crippen LogP contribution is -2.57. The zero-order valence-corrected chi connectivity index (χ0v) is 15.1. The lowest BCUT2D eigenvalue weighted by atomic mass is 9.66. The first-order valence-electron chi connectivity index (χ1n) is 8.82. The van der Waals surface area contributed by atoms with E-state index in [9.17, 15) is 19.8 Å². The number of aromatic hydroxyl groups is 1. The highest BCUT2D eigenvalue weighted by Crippen LogP contribution is 2.41. The number of phenolic OH excluding ortho intramolecular Hbond substituents is 1. The molecule has 2 unspecified atom stereocenters. The second-order valence-electron chi connectivity index (χ2n) is 7.44. The summed E-state index contributed by atoms with van der Waals surface area (Å²) in [6, 6.07) is 6.07. The summed E-state index contributed by atoms with van der Waals surface area (Å²) < 4.78 is 0. The average Bonchev–Trinajstić information content (AvgIpc) is 2.54. The molecule has 0 radical (unpaired) electrons. The van der Waals surface area contributed by atoms with Crippen LogP contribution in [0.5, 0.6) is 5.75 Å². The van der Waals surface area contributed by atoms with E-state index in [0.717, 1.165) is 12.8 Å². The van der Waals surface area contributed by atoms with Crippen molar-refractivity contribution >= 4 is 17.5 Å². The maximum absolute atomic E-state index is 12.6. The molecule has 1 fully saturated rings. The summed E-state index contributed by atoms with van der Waals surface area (Å²) in [7, 11) is 0. The van der Waals surface area contributed by atoms with Gasteiger partial charge in [-0.05, 0) is 54.9 Å². The van der Waals surface area contributed by atoms with Crippen LogP contribution in [0.3, 0.4) is 0 Å². The number of benzene rings is 1. The molecule has 6 heteroatoms. The van der Waals surface area contributed by atoms with Gasteiger partial charge in [-0.15, -0.1) is 0 Å². The van der Waals surface area contributed by atoms with Crippen molar-refractivity contribution in [1.82, 2.24) is 5.32 Å². The van der Waals surface area contributed by atoms with Gasteiger partial charge in [0.15, 0.2) is 0 Å². The van der Waals surface area contributed by atoms with Crippen molar-refractivity contribution in [3.63, 3.8) is 0 Å². The van der Waals surface area contributed by atoms with Crippen LogP contribution >= 0.6 is 0 Å². The van der Waals surface area contributed by atoms with E-state index < -0.39 is 11.5 Å². The lowest BCUT2D eigenvalue weighted by molar-refractivity contribution is -0.156. The molecule has 0 bridgehead atoms. The van der Waals surface area contributed by atoms with E-state index in [-0.39, 0.29) is 36.0 Å². The van der Waals surface area contributed by atoms with E-state index in [4.69, 9.17) is 0 Å². The molecule has 138 valence electrons. The van der Waals surface area contributed by atoms with Crippen LogP contribution in [-0.4, -0.2) is 34.2 Å². The van der Waals surface area contributed by atoms with Crippen molar-refractivity contribution in [3.8, 4) is 5.75 Å². The van der Waals surface area contributed by atoms with Gasteiger partial charge in [0.05, 0.1) is 6.54 Å². The normalized spacial score (nSPS) is 26.3. The molecule has 2 amide bonds.